The van der Waals surface area contributed by atoms with Gasteiger partial charge in [-0.05, 0) is 64.7 Å². The molecule has 0 N–H and O–H groups in total. The number of pyridine rings is 1. The highest BCUT2D eigenvalue weighted by Gasteiger charge is 2.17. The Labute approximate surface area is 266 Å². The van der Waals surface area contributed by atoms with Crippen molar-refractivity contribution in [3.63, 3.8) is 0 Å². The van der Waals surface area contributed by atoms with E-state index in [9.17, 15) is 0 Å². The molecule has 8 aromatic rings. The van der Waals surface area contributed by atoms with Crippen molar-refractivity contribution < 1.29 is 0 Å². The fourth-order valence-electron chi connectivity index (χ4n) is 5.59. The van der Waals surface area contributed by atoms with E-state index in [2.05, 4.69) is 106 Å². The summed E-state index contributed by atoms with van der Waals surface area (Å²) in [7, 11) is 0. The van der Waals surface area contributed by atoms with E-state index >= 15 is 0 Å². The summed E-state index contributed by atoms with van der Waals surface area (Å²) < 4.78 is 3.42. The quantitative estimate of drug-likeness (QED) is 0.187. The summed E-state index contributed by atoms with van der Waals surface area (Å²) in [6.07, 6.45) is 3.63. The highest BCUT2D eigenvalue weighted by molar-refractivity contribution is 9.10. The van der Waals surface area contributed by atoms with E-state index in [1.165, 1.54) is 20.2 Å². The molecule has 44 heavy (non-hydrogen) atoms. The highest BCUT2D eigenvalue weighted by atomic mass is 79.9. The number of rotatable bonds is 5. The van der Waals surface area contributed by atoms with Crippen LogP contribution < -0.4 is 0 Å². The number of nitrogens with zero attached hydrogens (tertiary/aromatic N) is 4. The first-order valence-corrected chi connectivity index (χ1v) is 15.8. The molecule has 3 aromatic heterocycles. The fraction of sp³-hybridized carbons (Fsp3) is 0. The molecule has 6 heteroatoms. The summed E-state index contributed by atoms with van der Waals surface area (Å²) in [5.41, 5.74) is 7.33. The molecule has 4 nitrogen and oxygen atoms in total. The van der Waals surface area contributed by atoms with Gasteiger partial charge >= 0.3 is 0 Å². The molecule has 0 aliphatic heterocycles. The van der Waals surface area contributed by atoms with Gasteiger partial charge in [-0.2, -0.15) is 0 Å². The zero-order chi connectivity index (χ0) is 29.5. The SMILES string of the molecule is Brc1cc(-c2ccc(-c3ccncc3)cc2)cc(-c2nc(-c3ccccc3)nc(-c3cccc4sc5ccccc5c34)n2)c1. The van der Waals surface area contributed by atoms with Gasteiger partial charge in [-0.1, -0.05) is 101 Å². The minimum Gasteiger partial charge on any atom is -0.265 e. The Kier molecular flexibility index (Phi) is 6.78. The van der Waals surface area contributed by atoms with Gasteiger partial charge in [0.25, 0.3) is 0 Å². The van der Waals surface area contributed by atoms with Crippen molar-refractivity contribution in [1.82, 2.24) is 19.9 Å². The first kappa shape index (κ1) is 26.6. The number of aromatic nitrogens is 4. The molecular weight excluding hydrogens is 624 g/mol. The van der Waals surface area contributed by atoms with E-state index in [1.54, 1.807) is 11.3 Å². The molecule has 0 fully saturated rings. The summed E-state index contributed by atoms with van der Waals surface area (Å²) >= 11 is 5.56. The third-order valence-corrected chi connectivity index (χ3v) is 9.29. The lowest BCUT2D eigenvalue weighted by molar-refractivity contribution is 1.08. The molecule has 5 aromatic carbocycles. The van der Waals surface area contributed by atoms with Crippen molar-refractivity contribution in [2.45, 2.75) is 0 Å². The van der Waals surface area contributed by atoms with Crippen molar-refractivity contribution in [2.75, 3.05) is 0 Å². The predicted molar refractivity (Wildman–Crippen MR) is 185 cm³/mol. The molecule has 8 rings (SSSR count). The highest BCUT2D eigenvalue weighted by Crippen LogP contribution is 2.40. The average Bonchev–Trinajstić information content (AvgIpc) is 3.48. The first-order chi connectivity index (χ1) is 21.7. The third-order valence-electron chi connectivity index (χ3n) is 7.70. The molecule has 0 aliphatic rings. The molecule has 0 saturated carbocycles. The van der Waals surface area contributed by atoms with E-state index < -0.39 is 0 Å². The maximum atomic E-state index is 5.12. The molecule has 0 saturated heterocycles. The Hall–Kier alpha value is -5.04. The van der Waals surface area contributed by atoms with Gasteiger partial charge in [0.1, 0.15) is 0 Å². The van der Waals surface area contributed by atoms with Gasteiger partial charge < -0.3 is 0 Å². The number of thiophene rings is 1. The van der Waals surface area contributed by atoms with Gasteiger partial charge in [0.05, 0.1) is 0 Å². The molecule has 0 atom stereocenters. The number of hydrogen-bond donors (Lipinski definition) is 0. The van der Waals surface area contributed by atoms with Crippen LogP contribution in [0, 0.1) is 0 Å². The summed E-state index contributed by atoms with van der Waals surface area (Å²) in [6, 6.07) is 44.0. The van der Waals surface area contributed by atoms with Gasteiger partial charge in [0.15, 0.2) is 17.5 Å². The molecular formula is C38H23BrN4S. The van der Waals surface area contributed by atoms with Crippen LogP contribution in [0.3, 0.4) is 0 Å². The Morgan fingerprint density at radius 1 is 0.455 bits per heavy atom. The number of fused-ring (bicyclic) bond motifs is 3. The standard InChI is InChI=1S/C38H23BrN4S/c39-30-22-28(25-15-13-24(14-16-25)26-17-19-40-20-18-26)21-29(23-30)37-41-36(27-7-2-1-3-8-27)42-38(43-37)32-10-6-12-34-35(32)31-9-4-5-11-33(31)44-34/h1-23H. The molecule has 0 bridgehead atoms. The minimum atomic E-state index is 0.626. The second kappa shape index (κ2) is 11.2. The lowest BCUT2D eigenvalue weighted by atomic mass is 9.99. The normalized spacial score (nSPS) is 11.3. The first-order valence-electron chi connectivity index (χ1n) is 14.2. The number of hydrogen-bond acceptors (Lipinski definition) is 5. The average molecular weight is 648 g/mol. The van der Waals surface area contributed by atoms with Crippen molar-refractivity contribution in [3.8, 4) is 56.4 Å². The van der Waals surface area contributed by atoms with Crippen LogP contribution in [0.2, 0.25) is 0 Å². The predicted octanol–water partition coefficient (Wildman–Crippen LogP) is 10.7. The maximum Gasteiger partial charge on any atom is 0.164 e. The van der Waals surface area contributed by atoms with Crippen LogP contribution in [-0.4, -0.2) is 19.9 Å². The van der Waals surface area contributed by atoms with Gasteiger partial charge in [-0.25, -0.2) is 15.0 Å². The summed E-state index contributed by atoms with van der Waals surface area (Å²) in [6.45, 7) is 0. The molecule has 0 aliphatic carbocycles. The van der Waals surface area contributed by atoms with Crippen molar-refractivity contribution in [3.05, 3.63) is 144 Å². The molecule has 0 amide bonds. The molecule has 0 unspecified atom stereocenters. The monoisotopic (exact) mass is 646 g/mol. The van der Waals surface area contributed by atoms with E-state index in [0.717, 1.165) is 43.4 Å². The summed E-state index contributed by atoms with van der Waals surface area (Å²) in [5, 5.41) is 2.39. The van der Waals surface area contributed by atoms with Crippen LogP contribution in [0.15, 0.2) is 144 Å². The number of halogens is 1. The second-order valence-corrected chi connectivity index (χ2v) is 12.5. The second-order valence-electron chi connectivity index (χ2n) is 10.5. The zero-order valence-corrected chi connectivity index (χ0v) is 25.8. The zero-order valence-electron chi connectivity index (χ0n) is 23.4. The van der Waals surface area contributed by atoms with Crippen LogP contribution in [0.4, 0.5) is 0 Å². The van der Waals surface area contributed by atoms with E-state index in [0.29, 0.717) is 17.5 Å². The van der Waals surface area contributed by atoms with Gasteiger partial charge in [-0.15, -0.1) is 11.3 Å². The topological polar surface area (TPSA) is 51.6 Å². The molecule has 3 heterocycles. The summed E-state index contributed by atoms with van der Waals surface area (Å²) in [5.74, 6) is 1.93. The third kappa shape index (κ3) is 4.98. The van der Waals surface area contributed by atoms with Gasteiger partial charge in [0.2, 0.25) is 0 Å². The fourth-order valence-corrected chi connectivity index (χ4v) is 7.21. The van der Waals surface area contributed by atoms with Crippen molar-refractivity contribution in [2.24, 2.45) is 0 Å². The Bertz CT molecular complexity index is 2280. The number of benzene rings is 5. The Morgan fingerprint density at radius 2 is 1.07 bits per heavy atom. The largest absolute Gasteiger partial charge is 0.265 e. The van der Waals surface area contributed by atoms with E-state index in [4.69, 9.17) is 15.0 Å². The van der Waals surface area contributed by atoms with Crippen molar-refractivity contribution in [1.29, 1.82) is 0 Å². The minimum absolute atomic E-state index is 0.626. The van der Waals surface area contributed by atoms with Crippen LogP contribution in [-0.2, 0) is 0 Å². The maximum absolute atomic E-state index is 5.12. The smallest absolute Gasteiger partial charge is 0.164 e. The van der Waals surface area contributed by atoms with Crippen LogP contribution in [0.25, 0.3) is 76.6 Å². The van der Waals surface area contributed by atoms with Crippen LogP contribution in [0.1, 0.15) is 0 Å². The Balaban J connectivity index is 1.29. The van der Waals surface area contributed by atoms with Gasteiger partial charge in [0, 0.05) is 53.7 Å². The van der Waals surface area contributed by atoms with E-state index in [1.807, 2.05) is 54.9 Å². The summed E-state index contributed by atoms with van der Waals surface area (Å²) in [4.78, 5) is 19.3. The molecule has 0 radical (unpaired) electrons. The lowest BCUT2D eigenvalue weighted by Gasteiger charge is -2.11. The van der Waals surface area contributed by atoms with Crippen molar-refractivity contribution >= 4 is 47.4 Å². The van der Waals surface area contributed by atoms with Gasteiger partial charge in [-0.3, -0.25) is 4.98 Å². The Morgan fingerprint density at radius 3 is 1.86 bits per heavy atom. The van der Waals surface area contributed by atoms with E-state index in [-0.39, 0.29) is 0 Å². The van der Waals surface area contributed by atoms with Crippen LogP contribution >= 0.6 is 27.3 Å². The lowest BCUT2D eigenvalue weighted by Crippen LogP contribution is -2.00. The van der Waals surface area contributed by atoms with Crippen LogP contribution in [0.5, 0.6) is 0 Å². The molecule has 0 spiro atoms. The molecule has 208 valence electrons.